The van der Waals surface area contributed by atoms with Gasteiger partial charge in [0, 0.05) is 21.4 Å². The van der Waals surface area contributed by atoms with E-state index in [1.165, 1.54) is 30.7 Å². The Bertz CT molecular complexity index is 1850. The summed E-state index contributed by atoms with van der Waals surface area (Å²) in [5.74, 6) is -0.502. The van der Waals surface area contributed by atoms with Gasteiger partial charge in [0.15, 0.2) is 0 Å². The number of methoxy groups -OCH3 is 2. The number of benzene rings is 3. The standard InChI is InChI=1S/C32H34N2O4/c1-31(2,3)15-9-17-19-13-23(29(35)37-7)34-28(19)22-12-16(32(4,5)6)10-18-20-14-24(30(36)38-8)33-27(20)21(11-15)25(17)26(18)22/h9,11-14,16,33-34H,10H2,1-8H3. The maximum Gasteiger partial charge on any atom is 0.354 e. The summed E-state index contributed by atoms with van der Waals surface area (Å²) >= 11 is 0. The first-order chi connectivity index (χ1) is 17.8. The van der Waals surface area contributed by atoms with E-state index in [4.69, 9.17) is 9.47 Å². The number of rotatable bonds is 2. The molecule has 1 unspecified atom stereocenters. The van der Waals surface area contributed by atoms with Crippen molar-refractivity contribution in [3.05, 3.63) is 52.0 Å². The van der Waals surface area contributed by atoms with Crippen LogP contribution < -0.4 is 5.22 Å². The molecule has 0 saturated heterocycles. The molecule has 0 spiro atoms. The monoisotopic (exact) mass is 510 g/mol. The molecule has 2 aromatic heterocycles. The van der Waals surface area contributed by atoms with Gasteiger partial charge in [-0.05, 0) is 74.7 Å². The first kappa shape index (κ1) is 24.5. The molecule has 1 aliphatic rings. The second-order valence-corrected chi connectivity index (χ2v) is 12.7. The maximum absolute atomic E-state index is 12.6. The molecule has 0 radical (unpaired) electrons. The Morgan fingerprint density at radius 3 is 1.92 bits per heavy atom. The second kappa shape index (κ2) is 7.85. The van der Waals surface area contributed by atoms with E-state index in [-0.39, 0.29) is 28.7 Å². The lowest BCUT2D eigenvalue weighted by Crippen LogP contribution is -2.27. The minimum absolute atomic E-state index is 0.0156. The van der Waals surface area contributed by atoms with Gasteiger partial charge < -0.3 is 19.4 Å². The van der Waals surface area contributed by atoms with E-state index < -0.39 is 0 Å². The number of ether oxygens (including phenoxy) is 2. The predicted octanol–water partition coefficient (Wildman–Crippen LogP) is 6.54. The van der Waals surface area contributed by atoms with E-state index in [1.807, 2.05) is 12.1 Å². The van der Waals surface area contributed by atoms with Gasteiger partial charge in [0.2, 0.25) is 0 Å². The highest BCUT2D eigenvalue weighted by atomic mass is 16.5. The van der Waals surface area contributed by atoms with Gasteiger partial charge in [0.1, 0.15) is 11.4 Å². The van der Waals surface area contributed by atoms with Crippen molar-refractivity contribution in [3.8, 4) is 0 Å². The molecule has 38 heavy (non-hydrogen) atoms. The largest absolute Gasteiger partial charge is 0.464 e. The minimum Gasteiger partial charge on any atom is -0.464 e. The number of carbonyl (C=O) groups excluding carboxylic acids is 2. The van der Waals surface area contributed by atoms with Crippen molar-refractivity contribution in [2.75, 3.05) is 14.2 Å². The average Bonchev–Trinajstić information content (AvgIpc) is 3.51. The Morgan fingerprint density at radius 1 is 0.763 bits per heavy atom. The van der Waals surface area contributed by atoms with Gasteiger partial charge >= 0.3 is 11.9 Å². The van der Waals surface area contributed by atoms with Gasteiger partial charge in [0.25, 0.3) is 0 Å². The highest BCUT2D eigenvalue weighted by Crippen LogP contribution is 2.45. The summed E-state index contributed by atoms with van der Waals surface area (Å²) in [4.78, 5) is 32.1. The molecule has 3 aromatic carbocycles. The van der Waals surface area contributed by atoms with E-state index in [9.17, 15) is 9.59 Å². The first-order valence-corrected chi connectivity index (χ1v) is 13.1. The molecule has 0 saturated carbocycles. The van der Waals surface area contributed by atoms with Gasteiger partial charge in [-0.3, -0.25) is 0 Å². The Labute approximate surface area is 221 Å². The molecule has 0 bridgehead atoms. The third-order valence-corrected chi connectivity index (χ3v) is 8.33. The van der Waals surface area contributed by atoms with Crippen molar-refractivity contribution in [1.29, 1.82) is 0 Å². The van der Waals surface area contributed by atoms with Crippen LogP contribution in [0, 0.1) is 11.3 Å². The summed E-state index contributed by atoms with van der Waals surface area (Å²) < 4.78 is 10.2. The fraction of sp³-hybridized carbons (Fsp3) is 0.375. The number of nitrogens with one attached hydrogen (secondary N) is 2. The fourth-order valence-electron chi connectivity index (χ4n) is 6.10. The average molecular weight is 511 g/mol. The van der Waals surface area contributed by atoms with Crippen molar-refractivity contribution in [2.45, 2.75) is 53.4 Å². The minimum atomic E-state index is -0.384. The van der Waals surface area contributed by atoms with Crippen LogP contribution in [0.3, 0.4) is 0 Å². The number of carbonyl (C=O) groups is 2. The molecular weight excluding hydrogens is 476 g/mol. The smallest absolute Gasteiger partial charge is 0.354 e. The fourth-order valence-corrected chi connectivity index (χ4v) is 6.10. The Balaban J connectivity index is 1.92. The van der Waals surface area contributed by atoms with E-state index in [0.717, 1.165) is 49.6 Å². The molecule has 2 N–H and O–H groups in total. The Morgan fingerprint density at radius 2 is 1.34 bits per heavy atom. The van der Waals surface area contributed by atoms with Gasteiger partial charge in [-0.15, -0.1) is 0 Å². The third kappa shape index (κ3) is 3.39. The Kier molecular flexibility index (Phi) is 5.07. The summed E-state index contributed by atoms with van der Waals surface area (Å²) in [6.45, 7) is 13.4. The lowest BCUT2D eigenvalue weighted by atomic mass is 9.72. The zero-order chi connectivity index (χ0) is 27.3. The summed E-state index contributed by atoms with van der Waals surface area (Å²) in [7, 11) is 2.82. The molecule has 0 fully saturated rings. The van der Waals surface area contributed by atoms with Crippen LogP contribution in [-0.2, 0) is 21.3 Å². The lowest BCUT2D eigenvalue weighted by Gasteiger charge is -2.32. The summed E-state index contributed by atoms with van der Waals surface area (Å²) in [5.41, 5.74) is 5.10. The van der Waals surface area contributed by atoms with Crippen LogP contribution in [0.2, 0.25) is 0 Å². The van der Waals surface area contributed by atoms with Crippen LogP contribution in [0.5, 0.6) is 0 Å². The van der Waals surface area contributed by atoms with Crippen LogP contribution in [-0.4, -0.2) is 36.1 Å². The van der Waals surface area contributed by atoms with Gasteiger partial charge in [-0.25, -0.2) is 9.59 Å². The molecule has 6 rings (SSSR count). The molecule has 196 valence electrons. The topological polar surface area (TPSA) is 84.2 Å². The van der Waals surface area contributed by atoms with Crippen molar-refractivity contribution >= 4 is 61.4 Å². The summed E-state index contributed by atoms with van der Waals surface area (Å²) in [5, 5.41) is 7.66. The molecule has 0 amide bonds. The molecular formula is C32H34N2O4. The first-order valence-electron chi connectivity index (χ1n) is 13.1. The van der Waals surface area contributed by atoms with Crippen LogP contribution in [0.25, 0.3) is 49.4 Å². The van der Waals surface area contributed by atoms with Crippen molar-refractivity contribution in [3.63, 3.8) is 0 Å². The maximum atomic E-state index is 12.6. The summed E-state index contributed by atoms with van der Waals surface area (Å²) in [6.07, 6.45) is 3.23. The van der Waals surface area contributed by atoms with E-state index in [1.54, 1.807) is 0 Å². The highest BCUT2D eigenvalue weighted by Gasteiger charge is 2.31. The van der Waals surface area contributed by atoms with Gasteiger partial charge in [0.05, 0.1) is 25.3 Å². The molecule has 6 nitrogen and oxygen atoms in total. The number of fused-ring (bicyclic) bond motifs is 6. The number of aromatic amines is 2. The van der Waals surface area contributed by atoms with Crippen LogP contribution in [0.1, 0.15) is 73.6 Å². The Hall–Kier alpha value is -3.80. The highest BCUT2D eigenvalue weighted by molar-refractivity contribution is 6.29. The van der Waals surface area contributed by atoms with Crippen LogP contribution in [0.15, 0.2) is 24.3 Å². The van der Waals surface area contributed by atoms with Gasteiger partial charge in [-0.1, -0.05) is 47.6 Å². The van der Waals surface area contributed by atoms with E-state index in [0.29, 0.717) is 11.4 Å². The second-order valence-electron chi connectivity index (χ2n) is 12.7. The molecule has 1 atom stereocenters. The van der Waals surface area contributed by atoms with Gasteiger partial charge in [-0.2, -0.15) is 0 Å². The number of esters is 2. The van der Waals surface area contributed by atoms with E-state index in [2.05, 4.69) is 69.7 Å². The normalized spacial score (nSPS) is 15.9. The molecule has 2 heterocycles. The number of aromatic nitrogens is 2. The summed E-state index contributed by atoms with van der Waals surface area (Å²) in [6, 6.07) is 8.39. The van der Waals surface area contributed by atoms with Crippen LogP contribution >= 0.6 is 0 Å². The van der Waals surface area contributed by atoms with Crippen molar-refractivity contribution in [2.24, 2.45) is 11.3 Å². The molecule has 1 aliphatic carbocycles. The molecule has 6 heteroatoms. The molecule has 0 aliphatic heterocycles. The lowest BCUT2D eigenvalue weighted by molar-refractivity contribution is 0.0586. The van der Waals surface area contributed by atoms with E-state index >= 15 is 0 Å². The third-order valence-electron chi connectivity index (χ3n) is 8.33. The quantitative estimate of drug-likeness (QED) is 0.264. The number of H-pyrrole nitrogens is 2. The molecule has 5 aromatic rings. The SMILES string of the molecule is COC(=O)c1cc2c([nH]1)c1c3c(c4cc(C(=O)OC)[nH]c4c4cc(C(C)(C)C)cc2c34)CC(C(C)(C)C)C=1. The number of hydrogen-bond acceptors (Lipinski definition) is 4. The zero-order valence-corrected chi connectivity index (χ0v) is 23.3. The van der Waals surface area contributed by atoms with Crippen molar-refractivity contribution in [1.82, 2.24) is 9.97 Å². The zero-order valence-electron chi connectivity index (χ0n) is 23.3. The van der Waals surface area contributed by atoms with Crippen LogP contribution in [0.4, 0.5) is 0 Å². The van der Waals surface area contributed by atoms with Crippen molar-refractivity contribution < 1.29 is 19.1 Å². The number of hydrogen-bond donors (Lipinski definition) is 2. The predicted molar refractivity (Wildman–Crippen MR) is 153 cm³/mol.